The van der Waals surface area contributed by atoms with Gasteiger partial charge in [0.15, 0.2) is 0 Å². The van der Waals surface area contributed by atoms with Gasteiger partial charge in [0.25, 0.3) is 15.9 Å². The van der Waals surface area contributed by atoms with Gasteiger partial charge in [-0.1, -0.05) is 37.3 Å². The van der Waals surface area contributed by atoms with Crippen LogP contribution < -0.4 is 10.0 Å². The number of nitrogens with one attached hydrogen (secondary N) is 2. The van der Waals surface area contributed by atoms with Gasteiger partial charge in [0.2, 0.25) is 5.91 Å². The molecule has 182 valence electrons. The van der Waals surface area contributed by atoms with E-state index in [1.165, 1.54) is 6.08 Å². The highest BCUT2D eigenvalue weighted by atomic mass is 32.2. The minimum Gasteiger partial charge on any atom is -0.353 e. The second-order valence-electron chi connectivity index (χ2n) is 8.38. The van der Waals surface area contributed by atoms with Crippen LogP contribution in [0.3, 0.4) is 0 Å². The van der Waals surface area contributed by atoms with Gasteiger partial charge in [-0.2, -0.15) is 0 Å². The number of sulfonamides is 1. The van der Waals surface area contributed by atoms with E-state index in [1.807, 2.05) is 49.1 Å². The lowest BCUT2D eigenvalue weighted by molar-refractivity contribution is -0.123. The van der Waals surface area contributed by atoms with Gasteiger partial charge in [0.05, 0.1) is 12.0 Å². The van der Waals surface area contributed by atoms with Gasteiger partial charge in [-0.25, -0.2) is 8.42 Å². The van der Waals surface area contributed by atoms with E-state index >= 15 is 0 Å². The number of benzene rings is 2. The van der Waals surface area contributed by atoms with Gasteiger partial charge < -0.3 is 10.2 Å². The summed E-state index contributed by atoms with van der Waals surface area (Å²) in [6, 6.07) is 15.7. The summed E-state index contributed by atoms with van der Waals surface area (Å²) in [5, 5.41) is 4.08. The van der Waals surface area contributed by atoms with E-state index in [0.29, 0.717) is 44.0 Å². The fourth-order valence-corrected chi connectivity index (χ4v) is 4.40. The third-order valence-electron chi connectivity index (χ3n) is 5.68. The number of piperazine rings is 1. The van der Waals surface area contributed by atoms with Crippen LogP contribution >= 0.6 is 0 Å². The lowest BCUT2D eigenvalue weighted by Gasteiger charge is -2.34. The molecule has 1 aliphatic rings. The molecular formula is C25H32N4O4S. The first-order valence-electron chi connectivity index (χ1n) is 11.4. The lowest BCUT2D eigenvalue weighted by atomic mass is 10.1. The molecule has 2 N–H and O–H groups in total. The Balaban J connectivity index is 1.50. The van der Waals surface area contributed by atoms with Crippen molar-refractivity contribution in [2.45, 2.75) is 26.3 Å². The van der Waals surface area contributed by atoms with Crippen LogP contribution in [0.2, 0.25) is 0 Å². The second kappa shape index (κ2) is 11.8. The first-order valence-corrected chi connectivity index (χ1v) is 13.0. The summed E-state index contributed by atoms with van der Waals surface area (Å²) < 4.78 is 27.1. The maximum absolute atomic E-state index is 12.8. The third kappa shape index (κ3) is 7.71. The predicted molar refractivity (Wildman–Crippen MR) is 135 cm³/mol. The van der Waals surface area contributed by atoms with Crippen LogP contribution in [0.1, 0.15) is 36.2 Å². The SMILES string of the molecule is CCC(C)NC(=O)CN1CCN(C(=O)c2ccc(NS(=O)(=O)/C=C/c3ccccc3)cc2)CC1. The summed E-state index contributed by atoms with van der Waals surface area (Å²) in [6.45, 7) is 6.67. The Bertz CT molecular complexity index is 1090. The van der Waals surface area contributed by atoms with Crippen LogP contribution in [0.4, 0.5) is 5.69 Å². The number of nitrogens with zero attached hydrogens (tertiary/aromatic N) is 2. The molecule has 1 aliphatic heterocycles. The van der Waals surface area contributed by atoms with Crippen LogP contribution in [0, 0.1) is 0 Å². The van der Waals surface area contributed by atoms with Gasteiger partial charge in [-0.15, -0.1) is 0 Å². The summed E-state index contributed by atoms with van der Waals surface area (Å²) in [7, 11) is -3.68. The molecule has 0 aromatic heterocycles. The molecule has 0 saturated carbocycles. The lowest BCUT2D eigenvalue weighted by Crippen LogP contribution is -2.51. The van der Waals surface area contributed by atoms with Gasteiger partial charge in [0, 0.05) is 43.5 Å². The number of amides is 2. The molecule has 2 amide bonds. The van der Waals surface area contributed by atoms with Crippen LogP contribution in [-0.4, -0.2) is 68.8 Å². The summed E-state index contributed by atoms with van der Waals surface area (Å²) in [6.07, 6.45) is 2.41. The molecule has 0 bridgehead atoms. The van der Waals surface area contributed by atoms with E-state index in [9.17, 15) is 18.0 Å². The zero-order valence-electron chi connectivity index (χ0n) is 19.6. The Morgan fingerprint density at radius 2 is 1.65 bits per heavy atom. The fraction of sp³-hybridized carbons (Fsp3) is 0.360. The maximum Gasteiger partial charge on any atom is 0.255 e. The van der Waals surface area contributed by atoms with Crippen LogP contribution in [0.15, 0.2) is 60.0 Å². The highest BCUT2D eigenvalue weighted by Crippen LogP contribution is 2.15. The molecule has 1 heterocycles. The molecule has 2 aromatic carbocycles. The quantitative estimate of drug-likeness (QED) is 0.570. The largest absolute Gasteiger partial charge is 0.353 e. The molecule has 1 unspecified atom stereocenters. The monoisotopic (exact) mass is 484 g/mol. The number of hydrogen-bond acceptors (Lipinski definition) is 5. The molecule has 0 spiro atoms. The summed E-state index contributed by atoms with van der Waals surface area (Å²) in [5.74, 6) is -0.104. The Kier molecular flexibility index (Phi) is 8.84. The van der Waals surface area contributed by atoms with E-state index in [4.69, 9.17) is 0 Å². The van der Waals surface area contributed by atoms with Crippen molar-refractivity contribution in [3.8, 4) is 0 Å². The Morgan fingerprint density at radius 1 is 1.00 bits per heavy atom. The molecule has 8 nitrogen and oxygen atoms in total. The Morgan fingerprint density at radius 3 is 2.26 bits per heavy atom. The zero-order valence-corrected chi connectivity index (χ0v) is 20.4. The maximum atomic E-state index is 12.8. The molecule has 1 saturated heterocycles. The molecule has 1 fully saturated rings. The van der Waals surface area contributed by atoms with E-state index in [0.717, 1.165) is 17.4 Å². The molecular weight excluding hydrogens is 452 g/mol. The topological polar surface area (TPSA) is 98.8 Å². The van der Waals surface area contributed by atoms with E-state index < -0.39 is 10.0 Å². The Hall–Kier alpha value is -3.17. The van der Waals surface area contributed by atoms with Gasteiger partial charge >= 0.3 is 0 Å². The molecule has 0 radical (unpaired) electrons. The number of carbonyl (C=O) groups excluding carboxylic acids is 2. The second-order valence-corrected chi connectivity index (χ2v) is 9.95. The van der Waals surface area contributed by atoms with Crippen molar-refractivity contribution in [3.63, 3.8) is 0 Å². The van der Waals surface area contributed by atoms with Crippen LogP contribution in [0.5, 0.6) is 0 Å². The highest BCUT2D eigenvalue weighted by molar-refractivity contribution is 7.95. The van der Waals surface area contributed by atoms with Gasteiger partial charge in [-0.05, 0) is 49.2 Å². The minimum absolute atomic E-state index is 0.00535. The van der Waals surface area contributed by atoms with Gasteiger partial charge in [0.1, 0.15) is 0 Å². The minimum atomic E-state index is -3.68. The smallest absolute Gasteiger partial charge is 0.255 e. The van der Waals surface area contributed by atoms with Crippen molar-refractivity contribution >= 4 is 33.6 Å². The average molecular weight is 485 g/mol. The van der Waals surface area contributed by atoms with E-state index in [2.05, 4.69) is 10.0 Å². The first-order chi connectivity index (χ1) is 16.3. The van der Waals surface area contributed by atoms with Crippen molar-refractivity contribution in [1.29, 1.82) is 0 Å². The molecule has 2 aromatic rings. The van der Waals surface area contributed by atoms with Crippen molar-refractivity contribution in [1.82, 2.24) is 15.1 Å². The fourth-order valence-electron chi connectivity index (χ4n) is 3.53. The first kappa shape index (κ1) is 25.5. The summed E-state index contributed by atoms with van der Waals surface area (Å²) in [5.41, 5.74) is 1.65. The average Bonchev–Trinajstić information content (AvgIpc) is 2.83. The highest BCUT2D eigenvalue weighted by Gasteiger charge is 2.23. The van der Waals surface area contributed by atoms with E-state index in [-0.39, 0.29) is 17.9 Å². The number of rotatable bonds is 9. The predicted octanol–water partition coefficient (Wildman–Crippen LogP) is 2.77. The van der Waals surface area contributed by atoms with Crippen molar-refractivity contribution in [2.24, 2.45) is 0 Å². The van der Waals surface area contributed by atoms with Crippen molar-refractivity contribution in [2.75, 3.05) is 37.4 Å². The number of hydrogen-bond donors (Lipinski definition) is 2. The molecule has 0 aliphatic carbocycles. The normalized spacial score (nSPS) is 15.8. The standard InChI is InChI=1S/C25H32N4O4S/c1-3-20(2)26-24(30)19-28-14-16-29(17-15-28)25(31)22-9-11-23(12-10-22)27-34(32,33)18-13-21-7-5-4-6-8-21/h4-13,18,20,27H,3,14-17,19H2,1-2H3,(H,26,30)/b18-13+. The van der Waals surface area contributed by atoms with Gasteiger partial charge in [-0.3, -0.25) is 19.2 Å². The third-order valence-corrected chi connectivity index (χ3v) is 6.69. The number of anilines is 1. The molecule has 9 heteroatoms. The Labute approximate surface area is 201 Å². The van der Waals surface area contributed by atoms with Crippen molar-refractivity contribution < 1.29 is 18.0 Å². The molecule has 3 rings (SSSR count). The summed E-state index contributed by atoms with van der Waals surface area (Å²) >= 11 is 0. The van der Waals surface area contributed by atoms with Crippen LogP contribution in [0.25, 0.3) is 6.08 Å². The zero-order chi connectivity index (χ0) is 24.6. The summed E-state index contributed by atoms with van der Waals surface area (Å²) in [4.78, 5) is 28.7. The molecule has 1 atom stereocenters. The number of carbonyl (C=O) groups is 2. The molecule has 34 heavy (non-hydrogen) atoms. The van der Waals surface area contributed by atoms with Crippen LogP contribution in [-0.2, 0) is 14.8 Å². The van der Waals surface area contributed by atoms with E-state index in [1.54, 1.807) is 29.2 Å². The van der Waals surface area contributed by atoms with Crippen molar-refractivity contribution in [3.05, 3.63) is 71.1 Å².